The van der Waals surface area contributed by atoms with E-state index in [1.54, 1.807) is 0 Å². The lowest BCUT2D eigenvalue weighted by molar-refractivity contribution is 0.0690. The number of nitrogens with zero attached hydrogens (tertiary/aromatic N) is 1. The molecule has 122 valence electrons. The highest BCUT2D eigenvalue weighted by atomic mass is 16.2. The Hall–Kier alpha value is -2.55. The van der Waals surface area contributed by atoms with Crippen LogP contribution >= 0.6 is 0 Å². The van der Waals surface area contributed by atoms with E-state index in [9.17, 15) is 4.79 Å². The van der Waals surface area contributed by atoms with Gasteiger partial charge in [0.05, 0.1) is 0 Å². The van der Waals surface area contributed by atoms with Crippen molar-refractivity contribution in [3.05, 3.63) is 71.9 Å². The van der Waals surface area contributed by atoms with E-state index < -0.39 is 0 Å². The number of nitrogens with one attached hydrogen (secondary N) is 1. The summed E-state index contributed by atoms with van der Waals surface area (Å²) in [6.07, 6.45) is 5.21. The SMILES string of the molecule is O=C(c1ccc2cc[nH]c2c1)N1CCC(Cc2ccccc2)CC1. The smallest absolute Gasteiger partial charge is 0.253 e. The molecule has 0 unspecified atom stereocenters. The van der Waals surface area contributed by atoms with Crippen molar-refractivity contribution in [1.82, 2.24) is 9.88 Å². The van der Waals surface area contributed by atoms with Gasteiger partial charge >= 0.3 is 0 Å². The van der Waals surface area contributed by atoms with Crippen LogP contribution in [0.3, 0.4) is 0 Å². The largest absolute Gasteiger partial charge is 0.361 e. The topological polar surface area (TPSA) is 36.1 Å². The molecule has 0 radical (unpaired) electrons. The first-order chi connectivity index (χ1) is 11.8. The van der Waals surface area contributed by atoms with Crippen LogP contribution in [0.4, 0.5) is 0 Å². The molecule has 2 aromatic carbocycles. The molecule has 0 atom stereocenters. The van der Waals surface area contributed by atoms with Crippen molar-refractivity contribution < 1.29 is 4.79 Å². The number of likely N-dealkylation sites (tertiary alicyclic amines) is 1. The number of piperidine rings is 1. The third kappa shape index (κ3) is 3.07. The second-order valence-electron chi connectivity index (χ2n) is 6.70. The maximum absolute atomic E-state index is 12.7. The number of amides is 1. The van der Waals surface area contributed by atoms with E-state index in [1.165, 1.54) is 5.56 Å². The van der Waals surface area contributed by atoms with Crippen LogP contribution in [-0.4, -0.2) is 28.9 Å². The maximum atomic E-state index is 12.7. The van der Waals surface area contributed by atoms with Crippen LogP contribution < -0.4 is 0 Å². The highest BCUT2D eigenvalue weighted by Crippen LogP contribution is 2.23. The maximum Gasteiger partial charge on any atom is 0.253 e. The van der Waals surface area contributed by atoms with Crippen LogP contribution in [-0.2, 0) is 6.42 Å². The molecule has 1 fully saturated rings. The minimum atomic E-state index is 0.157. The number of rotatable bonds is 3. The fraction of sp³-hybridized carbons (Fsp3) is 0.286. The van der Waals surface area contributed by atoms with Gasteiger partial charge in [0, 0.05) is 30.4 Å². The lowest BCUT2D eigenvalue weighted by Gasteiger charge is -2.32. The molecule has 2 heterocycles. The zero-order chi connectivity index (χ0) is 16.4. The van der Waals surface area contributed by atoms with Crippen molar-refractivity contribution in [3.8, 4) is 0 Å². The van der Waals surface area contributed by atoms with E-state index >= 15 is 0 Å². The number of carbonyl (C=O) groups excluding carboxylic acids is 1. The van der Waals surface area contributed by atoms with Crippen molar-refractivity contribution in [3.63, 3.8) is 0 Å². The molecule has 4 rings (SSSR count). The van der Waals surface area contributed by atoms with Crippen molar-refractivity contribution in [2.24, 2.45) is 5.92 Å². The third-order valence-electron chi connectivity index (χ3n) is 5.07. The van der Waals surface area contributed by atoms with Crippen molar-refractivity contribution >= 4 is 16.8 Å². The Labute approximate surface area is 142 Å². The highest BCUT2D eigenvalue weighted by Gasteiger charge is 2.23. The monoisotopic (exact) mass is 318 g/mol. The van der Waals surface area contributed by atoms with Crippen LogP contribution in [0.2, 0.25) is 0 Å². The van der Waals surface area contributed by atoms with E-state index in [-0.39, 0.29) is 5.91 Å². The molecule has 1 aliphatic heterocycles. The van der Waals surface area contributed by atoms with Crippen LogP contribution in [0.25, 0.3) is 10.9 Å². The molecule has 1 saturated heterocycles. The molecule has 1 amide bonds. The molecular formula is C21H22N2O. The lowest BCUT2D eigenvalue weighted by atomic mass is 9.90. The summed E-state index contributed by atoms with van der Waals surface area (Å²) in [5.74, 6) is 0.840. The number of hydrogen-bond acceptors (Lipinski definition) is 1. The zero-order valence-electron chi connectivity index (χ0n) is 13.7. The summed E-state index contributed by atoms with van der Waals surface area (Å²) < 4.78 is 0. The van der Waals surface area contributed by atoms with Gasteiger partial charge in [0.2, 0.25) is 0 Å². The molecular weight excluding hydrogens is 296 g/mol. The number of fused-ring (bicyclic) bond motifs is 1. The summed E-state index contributed by atoms with van der Waals surface area (Å²) in [7, 11) is 0. The van der Waals surface area contributed by atoms with Crippen LogP contribution in [0.15, 0.2) is 60.8 Å². The predicted molar refractivity (Wildman–Crippen MR) is 97.1 cm³/mol. The van der Waals surface area contributed by atoms with E-state index in [2.05, 4.69) is 35.3 Å². The Balaban J connectivity index is 1.39. The minimum absolute atomic E-state index is 0.157. The summed E-state index contributed by atoms with van der Waals surface area (Å²) in [5.41, 5.74) is 3.21. The number of hydrogen-bond donors (Lipinski definition) is 1. The molecule has 0 saturated carbocycles. The van der Waals surface area contributed by atoms with Gasteiger partial charge in [-0.15, -0.1) is 0 Å². The molecule has 0 spiro atoms. The number of H-pyrrole nitrogens is 1. The quantitative estimate of drug-likeness (QED) is 0.769. The summed E-state index contributed by atoms with van der Waals surface area (Å²) >= 11 is 0. The van der Waals surface area contributed by atoms with Gasteiger partial charge < -0.3 is 9.88 Å². The number of aromatic amines is 1. The summed E-state index contributed by atoms with van der Waals surface area (Å²) in [5, 5.41) is 1.15. The van der Waals surface area contributed by atoms with E-state index in [1.807, 2.05) is 35.4 Å². The molecule has 3 nitrogen and oxygen atoms in total. The Morgan fingerprint density at radius 3 is 2.62 bits per heavy atom. The lowest BCUT2D eigenvalue weighted by Crippen LogP contribution is -2.38. The molecule has 24 heavy (non-hydrogen) atoms. The average Bonchev–Trinajstić information content (AvgIpc) is 3.10. The van der Waals surface area contributed by atoms with Gasteiger partial charge in [-0.25, -0.2) is 0 Å². The van der Waals surface area contributed by atoms with Gasteiger partial charge in [-0.1, -0.05) is 36.4 Å². The van der Waals surface area contributed by atoms with Crippen molar-refractivity contribution in [2.45, 2.75) is 19.3 Å². The number of aromatic nitrogens is 1. The number of benzene rings is 2. The minimum Gasteiger partial charge on any atom is -0.361 e. The molecule has 0 bridgehead atoms. The molecule has 3 aromatic rings. The number of carbonyl (C=O) groups is 1. The summed E-state index contributed by atoms with van der Waals surface area (Å²) in [4.78, 5) is 17.9. The van der Waals surface area contributed by atoms with Crippen LogP contribution in [0, 0.1) is 5.92 Å². The Kier molecular flexibility index (Phi) is 4.08. The van der Waals surface area contributed by atoms with Gasteiger partial charge in [-0.3, -0.25) is 4.79 Å². The molecule has 1 aromatic heterocycles. The Bertz CT molecular complexity index is 829. The molecule has 0 aliphatic carbocycles. The first kappa shape index (κ1) is 15.0. The van der Waals surface area contributed by atoms with Gasteiger partial charge in [-0.05, 0) is 54.3 Å². The first-order valence-corrected chi connectivity index (χ1v) is 8.70. The van der Waals surface area contributed by atoms with Crippen LogP contribution in [0.1, 0.15) is 28.8 Å². The highest BCUT2D eigenvalue weighted by molar-refractivity contribution is 5.97. The summed E-state index contributed by atoms with van der Waals surface area (Å²) in [6.45, 7) is 1.72. The van der Waals surface area contributed by atoms with Crippen LogP contribution in [0.5, 0.6) is 0 Å². The fourth-order valence-corrected chi connectivity index (χ4v) is 3.65. The second-order valence-corrected chi connectivity index (χ2v) is 6.70. The van der Waals surface area contributed by atoms with Gasteiger partial charge in [0.15, 0.2) is 0 Å². The van der Waals surface area contributed by atoms with E-state index in [4.69, 9.17) is 0 Å². The van der Waals surface area contributed by atoms with Gasteiger partial charge in [0.25, 0.3) is 5.91 Å². The normalized spacial score (nSPS) is 15.8. The molecule has 1 N–H and O–H groups in total. The Morgan fingerprint density at radius 1 is 1.04 bits per heavy atom. The van der Waals surface area contributed by atoms with Gasteiger partial charge in [0.1, 0.15) is 0 Å². The zero-order valence-corrected chi connectivity index (χ0v) is 13.7. The van der Waals surface area contributed by atoms with E-state index in [0.29, 0.717) is 5.92 Å². The first-order valence-electron chi connectivity index (χ1n) is 8.70. The second kappa shape index (κ2) is 6.52. The standard InChI is InChI=1S/C21H22N2O/c24-21(19-7-6-18-8-11-22-20(18)15-19)23-12-9-17(10-13-23)14-16-4-2-1-3-5-16/h1-8,11,15,17,22H,9-10,12-14H2. The van der Waals surface area contributed by atoms with Crippen molar-refractivity contribution in [2.75, 3.05) is 13.1 Å². The van der Waals surface area contributed by atoms with Gasteiger partial charge in [-0.2, -0.15) is 0 Å². The third-order valence-corrected chi connectivity index (χ3v) is 5.07. The molecule has 1 aliphatic rings. The van der Waals surface area contributed by atoms with Crippen molar-refractivity contribution in [1.29, 1.82) is 0 Å². The summed E-state index contributed by atoms with van der Waals surface area (Å²) in [6, 6.07) is 18.6. The Morgan fingerprint density at radius 2 is 1.83 bits per heavy atom. The van der Waals surface area contributed by atoms with E-state index in [0.717, 1.165) is 48.8 Å². The fourth-order valence-electron chi connectivity index (χ4n) is 3.65. The molecule has 3 heteroatoms. The predicted octanol–water partition coefficient (Wildman–Crippen LogP) is 4.26. The average molecular weight is 318 g/mol.